The molecule has 0 aliphatic heterocycles. The van der Waals surface area contributed by atoms with Crippen LogP contribution in [-0.4, -0.2) is 10.4 Å². The lowest BCUT2D eigenvalue weighted by Crippen LogP contribution is -2.31. The molecular formula is C9H14N2S. The van der Waals surface area contributed by atoms with Gasteiger partial charge in [0.15, 0.2) is 0 Å². The zero-order valence-corrected chi connectivity index (χ0v) is 7.89. The molecule has 0 saturated heterocycles. The number of hydrogen-bond donors (Lipinski definition) is 1. The summed E-state index contributed by atoms with van der Waals surface area (Å²) in [4.78, 5) is 0. The van der Waals surface area contributed by atoms with Crippen molar-refractivity contribution in [2.24, 2.45) is 5.73 Å². The van der Waals surface area contributed by atoms with Crippen molar-refractivity contribution in [3.05, 3.63) is 17.1 Å². The summed E-state index contributed by atoms with van der Waals surface area (Å²) in [7, 11) is 0. The van der Waals surface area contributed by atoms with E-state index in [2.05, 4.69) is 10.4 Å². The molecule has 2 nitrogen and oxygen atoms in total. The van der Waals surface area contributed by atoms with Gasteiger partial charge in [0, 0.05) is 17.3 Å². The third-order valence-corrected chi connectivity index (χ3v) is 3.23. The molecule has 3 heteroatoms. The van der Waals surface area contributed by atoms with Gasteiger partial charge in [-0.2, -0.15) is 4.37 Å². The molecule has 1 aromatic rings. The van der Waals surface area contributed by atoms with E-state index >= 15 is 0 Å². The summed E-state index contributed by atoms with van der Waals surface area (Å²) >= 11 is 1.53. The van der Waals surface area contributed by atoms with Gasteiger partial charge in [-0.1, -0.05) is 12.8 Å². The first-order valence-electron chi connectivity index (χ1n) is 4.54. The van der Waals surface area contributed by atoms with Crippen molar-refractivity contribution in [3.8, 4) is 0 Å². The summed E-state index contributed by atoms with van der Waals surface area (Å²) in [6.07, 6.45) is 5.00. The Morgan fingerprint density at radius 3 is 2.92 bits per heavy atom. The maximum Gasteiger partial charge on any atom is 0.0588 e. The molecule has 1 heterocycles. The maximum absolute atomic E-state index is 6.03. The van der Waals surface area contributed by atoms with Gasteiger partial charge in [-0.15, -0.1) is 0 Å². The summed E-state index contributed by atoms with van der Waals surface area (Å²) in [5.41, 5.74) is 7.25. The molecule has 0 amide bonds. The van der Waals surface area contributed by atoms with E-state index in [9.17, 15) is 0 Å². The van der Waals surface area contributed by atoms with E-state index in [1.807, 2.05) is 5.38 Å². The standard InChI is InChI=1S/C9H14N2S/c10-8-4-2-1-3-7(8)9-5-6-12-11-9/h5-8H,1-4,10H2. The Balaban J connectivity index is 2.11. The average Bonchev–Trinajstić information content (AvgIpc) is 2.57. The van der Waals surface area contributed by atoms with Gasteiger partial charge in [-0.05, 0) is 30.4 Å². The molecule has 0 bridgehead atoms. The zero-order valence-electron chi connectivity index (χ0n) is 7.07. The molecule has 1 aliphatic carbocycles. The van der Waals surface area contributed by atoms with E-state index in [1.165, 1.54) is 42.9 Å². The van der Waals surface area contributed by atoms with Crippen LogP contribution in [0, 0.1) is 0 Å². The first kappa shape index (κ1) is 8.20. The zero-order chi connectivity index (χ0) is 8.39. The largest absolute Gasteiger partial charge is 0.327 e. The highest BCUT2D eigenvalue weighted by Crippen LogP contribution is 2.31. The Morgan fingerprint density at radius 2 is 2.25 bits per heavy atom. The van der Waals surface area contributed by atoms with Gasteiger partial charge in [0.25, 0.3) is 0 Å². The lowest BCUT2D eigenvalue weighted by molar-refractivity contribution is 0.381. The number of aromatic nitrogens is 1. The normalized spacial score (nSPS) is 30.4. The summed E-state index contributed by atoms with van der Waals surface area (Å²) in [5.74, 6) is 0.532. The molecule has 12 heavy (non-hydrogen) atoms. The summed E-state index contributed by atoms with van der Waals surface area (Å²) < 4.78 is 4.35. The number of nitrogens with zero attached hydrogens (tertiary/aromatic N) is 1. The SMILES string of the molecule is NC1CCCCC1c1ccsn1. The molecule has 1 saturated carbocycles. The Kier molecular flexibility index (Phi) is 2.42. The molecule has 0 aromatic carbocycles. The molecule has 1 aliphatic rings. The van der Waals surface area contributed by atoms with E-state index in [0.29, 0.717) is 12.0 Å². The monoisotopic (exact) mass is 182 g/mol. The Morgan fingerprint density at radius 1 is 1.42 bits per heavy atom. The minimum absolute atomic E-state index is 0.348. The Hall–Kier alpha value is -0.410. The molecule has 1 fully saturated rings. The second kappa shape index (κ2) is 3.54. The van der Waals surface area contributed by atoms with E-state index in [4.69, 9.17) is 5.73 Å². The fourth-order valence-corrected chi connectivity index (χ4v) is 2.52. The molecule has 1 aromatic heterocycles. The topological polar surface area (TPSA) is 38.9 Å². The van der Waals surface area contributed by atoms with E-state index in [1.54, 1.807) is 0 Å². The lowest BCUT2D eigenvalue weighted by Gasteiger charge is -2.26. The van der Waals surface area contributed by atoms with Crippen molar-refractivity contribution >= 4 is 11.5 Å². The van der Waals surface area contributed by atoms with Crippen molar-refractivity contribution in [1.82, 2.24) is 4.37 Å². The van der Waals surface area contributed by atoms with Gasteiger partial charge >= 0.3 is 0 Å². The highest BCUT2D eigenvalue weighted by Gasteiger charge is 2.24. The van der Waals surface area contributed by atoms with Crippen molar-refractivity contribution in [3.63, 3.8) is 0 Å². The van der Waals surface area contributed by atoms with Crippen LogP contribution in [0.15, 0.2) is 11.4 Å². The molecule has 0 spiro atoms. The second-order valence-electron chi connectivity index (χ2n) is 3.48. The third-order valence-electron chi connectivity index (χ3n) is 2.66. The van der Waals surface area contributed by atoms with E-state index in [0.717, 1.165) is 0 Å². The smallest absolute Gasteiger partial charge is 0.0588 e. The minimum atomic E-state index is 0.348. The van der Waals surface area contributed by atoms with E-state index in [-0.39, 0.29) is 0 Å². The molecule has 2 atom stereocenters. The van der Waals surface area contributed by atoms with Crippen molar-refractivity contribution in [2.45, 2.75) is 37.6 Å². The highest BCUT2D eigenvalue weighted by atomic mass is 32.1. The molecule has 2 unspecified atom stereocenters. The van der Waals surface area contributed by atoms with Crippen LogP contribution >= 0.6 is 11.5 Å². The van der Waals surface area contributed by atoms with Crippen LogP contribution < -0.4 is 5.73 Å². The minimum Gasteiger partial charge on any atom is -0.327 e. The second-order valence-corrected chi connectivity index (χ2v) is 4.14. The number of nitrogens with two attached hydrogens (primary N) is 1. The van der Waals surface area contributed by atoms with Gasteiger partial charge in [0.05, 0.1) is 5.69 Å². The van der Waals surface area contributed by atoms with Crippen LogP contribution in [0.25, 0.3) is 0 Å². The maximum atomic E-state index is 6.03. The third kappa shape index (κ3) is 1.52. The average molecular weight is 182 g/mol. The molecule has 66 valence electrons. The summed E-state index contributed by atoms with van der Waals surface area (Å²) in [5, 5.41) is 2.04. The lowest BCUT2D eigenvalue weighted by atomic mass is 9.83. The van der Waals surface area contributed by atoms with Gasteiger partial charge in [-0.3, -0.25) is 0 Å². The number of hydrogen-bond acceptors (Lipinski definition) is 3. The summed E-state index contributed by atoms with van der Waals surface area (Å²) in [6.45, 7) is 0. The quantitative estimate of drug-likeness (QED) is 0.722. The van der Waals surface area contributed by atoms with Gasteiger partial charge in [0.2, 0.25) is 0 Å². The van der Waals surface area contributed by atoms with Crippen molar-refractivity contribution in [1.29, 1.82) is 0 Å². The summed E-state index contributed by atoms with van der Waals surface area (Å²) in [6, 6.07) is 2.46. The Labute approximate surface area is 77.0 Å². The Bertz CT molecular complexity index is 233. The van der Waals surface area contributed by atoms with Gasteiger partial charge < -0.3 is 5.73 Å². The van der Waals surface area contributed by atoms with Gasteiger partial charge in [-0.25, -0.2) is 0 Å². The van der Waals surface area contributed by atoms with Crippen LogP contribution in [0.2, 0.25) is 0 Å². The van der Waals surface area contributed by atoms with Crippen LogP contribution in [0.3, 0.4) is 0 Å². The number of rotatable bonds is 1. The van der Waals surface area contributed by atoms with E-state index < -0.39 is 0 Å². The van der Waals surface area contributed by atoms with Crippen LogP contribution in [0.4, 0.5) is 0 Å². The van der Waals surface area contributed by atoms with Crippen molar-refractivity contribution < 1.29 is 0 Å². The van der Waals surface area contributed by atoms with Gasteiger partial charge in [0.1, 0.15) is 0 Å². The van der Waals surface area contributed by atoms with Crippen LogP contribution in [0.1, 0.15) is 37.3 Å². The van der Waals surface area contributed by atoms with Crippen LogP contribution in [0.5, 0.6) is 0 Å². The molecule has 0 radical (unpaired) electrons. The van der Waals surface area contributed by atoms with Crippen LogP contribution in [-0.2, 0) is 0 Å². The predicted octanol–water partition coefficient (Wildman–Crippen LogP) is 2.13. The highest BCUT2D eigenvalue weighted by molar-refractivity contribution is 7.03. The molecular weight excluding hydrogens is 168 g/mol. The fraction of sp³-hybridized carbons (Fsp3) is 0.667. The fourth-order valence-electron chi connectivity index (χ4n) is 1.94. The first-order valence-corrected chi connectivity index (χ1v) is 5.37. The molecule has 2 rings (SSSR count). The van der Waals surface area contributed by atoms with Crippen molar-refractivity contribution in [2.75, 3.05) is 0 Å². The predicted molar refractivity (Wildman–Crippen MR) is 51.3 cm³/mol. The molecule has 2 N–H and O–H groups in total. The first-order chi connectivity index (χ1) is 5.88.